The zero-order chi connectivity index (χ0) is 33.5. The van der Waals surface area contributed by atoms with Gasteiger partial charge in [0.25, 0.3) is 0 Å². The molecule has 4 fully saturated rings. The van der Waals surface area contributed by atoms with E-state index < -0.39 is 58.0 Å². The summed E-state index contributed by atoms with van der Waals surface area (Å²) in [5, 5.41) is 35.3. The summed E-state index contributed by atoms with van der Waals surface area (Å²) in [7, 11) is 0. The number of esters is 3. The second kappa shape index (κ2) is 11.0. The lowest BCUT2D eigenvalue weighted by molar-refractivity contribution is -0.265. The van der Waals surface area contributed by atoms with Crippen molar-refractivity contribution in [2.75, 3.05) is 13.2 Å². The van der Waals surface area contributed by atoms with E-state index in [9.17, 15) is 29.7 Å². The zero-order valence-electron chi connectivity index (χ0n) is 28.8. The average molecular weight is 633 g/mol. The zero-order valence-corrected chi connectivity index (χ0v) is 28.8. The van der Waals surface area contributed by atoms with Gasteiger partial charge in [0.1, 0.15) is 12.7 Å². The molecule has 9 heteroatoms. The molecule has 0 heterocycles. The van der Waals surface area contributed by atoms with E-state index in [1.165, 1.54) is 26.3 Å². The highest BCUT2D eigenvalue weighted by Crippen LogP contribution is 2.76. The third kappa shape index (κ3) is 4.83. The highest BCUT2D eigenvalue weighted by Gasteiger charge is 2.73. The SMILES string of the molecule is CC(=O)OC[C@@]12C(CC(C)(C)[C@@H](O)[C@@H]1OC(C)=O)C1=CCC3[C@@]4(C)CC[C@H](O)[C@](C)(COC(C)=O)C4CC[C@@]3(C)[C@]1(C)C[C@H]2O. The first-order valence-corrected chi connectivity index (χ1v) is 16.9. The van der Waals surface area contributed by atoms with Crippen LogP contribution in [0, 0.1) is 50.2 Å². The van der Waals surface area contributed by atoms with Crippen molar-refractivity contribution in [3.8, 4) is 0 Å². The van der Waals surface area contributed by atoms with Crippen LogP contribution in [0.25, 0.3) is 0 Å². The van der Waals surface area contributed by atoms with Crippen LogP contribution in [0.5, 0.6) is 0 Å². The third-order valence-electron chi connectivity index (χ3n) is 14.3. The van der Waals surface area contributed by atoms with Crippen LogP contribution in [-0.2, 0) is 28.6 Å². The monoisotopic (exact) mass is 632 g/mol. The van der Waals surface area contributed by atoms with Crippen molar-refractivity contribution in [1.82, 2.24) is 0 Å². The third-order valence-corrected chi connectivity index (χ3v) is 14.3. The minimum absolute atomic E-state index is 0.133. The second-order valence-electron chi connectivity index (χ2n) is 17.0. The maximum absolute atomic E-state index is 12.5. The molecular weight excluding hydrogens is 576 g/mol. The van der Waals surface area contributed by atoms with E-state index in [1.807, 2.05) is 13.8 Å². The molecule has 254 valence electrons. The predicted molar refractivity (Wildman–Crippen MR) is 166 cm³/mol. The van der Waals surface area contributed by atoms with Gasteiger partial charge in [0.05, 0.1) is 30.3 Å². The van der Waals surface area contributed by atoms with E-state index in [4.69, 9.17) is 14.2 Å². The van der Waals surface area contributed by atoms with Crippen molar-refractivity contribution >= 4 is 17.9 Å². The molecule has 45 heavy (non-hydrogen) atoms. The molecule has 9 nitrogen and oxygen atoms in total. The fourth-order valence-corrected chi connectivity index (χ4v) is 11.7. The van der Waals surface area contributed by atoms with Crippen molar-refractivity contribution in [1.29, 1.82) is 0 Å². The van der Waals surface area contributed by atoms with Crippen LogP contribution < -0.4 is 0 Å². The Morgan fingerprint density at radius 3 is 2.02 bits per heavy atom. The first kappa shape index (κ1) is 34.4. The van der Waals surface area contributed by atoms with E-state index in [2.05, 4.69) is 33.8 Å². The molecule has 0 amide bonds. The molecule has 3 unspecified atom stereocenters. The van der Waals surface area contributed by atoms with Gasteiger partial charge in [0.2, 0.25) is 0 Å². The first-order chi connectivity index (χ1) is 20.7. The van der Waals surface area contributed by atoms with Gasteiger partial charge in [-0.3, -0.25) is 14.4 Å². The van der Waals surface area contributed by atoms with Gasteiger partial charge in [-0.25, -0.2) is 0 Å². The van der Waals surface area contributed by atoms with Gasteiger partial charge in [0, 0.05) is 26.2 Å². The topological polar surface area (TPSA) is 140 Å². The van der Waals surface area contributed by atoms with Crippen LogP contribution in [0.2, 0.25) is 0 Å². The van der Waals surface area contributed by atoms with E-state index >= 15 is 0 Å². The Kier molecular flexibility index (Phi) is 8.44. The van der Waals surface area contributed by atoms with Crippen molar-refractivity contribution in [2.24, 2.45) is 50.2 Å². The van der Waals surface area contributed by atoms with E-state index in [0.717, 1.165) is 25.7 Å². The Morgan fingerprint density at radius 2 is 1.42 bits per heavy atom. The molecular formula is C36H56O9. The van der Waals surface area contributed by atoms with Gasteiger partial charge < -0.3 is 29.5 Å². The van der Waals surface area contributed by atoms with Crippen molar-refractivity contribution in [3.05, 3.63) is 11.6 Å². The van der Waals surface area contributed by atoms with E-state index in [1.54, 1.807) is 0 Å². The lowest BCUT2D eigenvalue weighted by atomic mass is 9.33. The molecule has 0 saturated heterocycles. The summed E-state index contributed by atoms with van der Waals surface area (Å²) in [6.45, 7) is 17.1. The lowest BCUT2D eigenvalue weighted by Gasteiger charge is -2.72. The summed E-state index contributed by atoms with van der Waals surface area (Å²) in [6.07, 6.45) is 3.65. The number of aliphatic hydroxyl groups excluding tert-OH is 3. The van der Waals surface area contributed by atoms with E-state index in [-0.39, 0.29) is 47.8 Å². The largest absolute Gasteiger partial charge is 0.465 e. The summed E-state index contributed by atoms with van der Waals surface area (Å²) in [5.41, 5.74) is -1.95. The van der Waals surface area contributed by atoms with Gasteiger partial charge in [0.15, 0.2) is 0 Å². The fourth-order valence-electron chi connectivity index (χ4n) is 11.7. The molecule has 0 bridgehead atoms. The molecule has 0 spiro atoms. The number of hydrogen-bond donors (Lipinski definition) is 3. The van der Waals surface area contributed by atoms with Gasteiger partial charge in [-0.05, 0) is 84.4 Å². The molecule has 4 saturated carbocycles. The number of fused-ring (bicyclic) bond motifs is 7. The standard InChI is InChI=1S/C36H56O9/c1-20(37)43-18-33(7)25-12-15-34(8)26(32(25,6)14-13-27(33)40)11-10-23-24-16-31(4,5)29(42)30(45-22(3)39)36(24,19-44-21(2)38)28(41)17-35(23,34)9/h10,24-30,40-42H,11-19H2,1-9H3/t24?,25?,26?,27-,28+,29-,30-,32-,33+,34+,35+,36-/m0/s1. The van der Waals surface area contributed by atoms with Crippen molar-refractivity contribution < 1.29 is 43.9 Å². The number of carbonyl (C=O) groups is 3. The highest BCUT2D eigenvalue weighted by atomic mass is 16.6. The van der Waals surface area contributed by atoms with Gasteiger partial charge >= 0.3 is 17.9 Å². The Balaban J connectivity index is 1.63. The van der Waals surface area contributed by atoms with Gasteiger partial charge in [-0.2, -0.15) is 0 Å². The van der Waals surface area contributed by atoms with Crippen LogP contribution in [0.1, 0.15) is 107 Å². The molecule has 0 aromatic heterocycles. The summed E-state index contributed by atoms with van der Waals surface area (Å²) in [4.78, 5) is 36.5. The fraction of sp³-hybridized carbons (Fsp3) is 0.861. The molecule has 5 aliphatic rings. The molecule has 3 N–H and O–H groups in total. The van der Waals surface area contributed by atoms with E-state index in [0.29, 0.717) is 19.3 Å². The molecule has 0 aromatic carbocycles. The molecule has 12 atom stereocenters. The second-order valence-corrected chi connectivity index (χ2v) is 17.0. The van der Waals surface area contributed by atoms with Crippen LogP contribution in [-0.4, -0.2) is 70.9 Å². The minimum atomic E-state index is -1.19. The molecule has 5 rings (SSSR count). The first-order valence-electron chi connectivity index (χ1n) is 16.9. The predicted octanol–water partition coefficient (Wildman–Crippen LogP) is 4.74. The van der Waals surface area contributed by atoms with Gasteiger partial charge in [-0.15, -0.1) is 0 Å². The van der Waals surface area contributed by atoms with Crippen LogP contribution >= 0.6 is 0 Å². The summed E-state index contributed by atoms with van der Waals surface area (Å²) < 4.78 is 17.1. The highest BCUT2D eigenvalue weighted by molar-refractivity contribution is 5.67. The van der Waals surface area contributed by atoms with Crippen molar-refractivity contribution in [3.63, 3.8) is 0 Å². The number of rotatable bonds is 5. The molecule has 0 aliphatic heterocycles. The maximum Gasteiger partial charge on any atom is 0.303 e. The van der Waals surface area contributed by atoms with Crippen LogP contribution in [0.4, 0.5) is 0 Å². The Bertz CT molecular complexity index is 1260. The summed E-state index contributed by atoms with van der Waals surface area (Å²) in [5.74, 6) is -1.27. The molecule has 0 radical (unpaired) electrons. The lowest BCUT2D eigenvalue weighted by Crippen LogP contribution is -2.72. The smallest absolute Gasteiger partial charge is 0.303 e. The van der Waals surface area contributed by atoms with Crippen LogP contribution in [0.15, 0.2) is 11.6 Å². The molecule has 0 aromatic rings. The summed E-state index contributed by atoms with van der Waals surface area (Å²) >= 11 is 0. The Morgan fingerprint density at radius 1 is 0.800 bits per heavy atom. The maximum atomic E-state index is 12.5. The van der Waals surface area contributed by atoms with Crippen LogP contribution in [0.3, 0.4) is 0 Å². The average Bonchev–Trinajstić information content (AvgIpc) is 2.92. The van der Waals surface area contributed by atoms with Gasteiger partial charge in [-0.1, -0.05) is 53.2 Å². The number of carbonyl (C=O) groups excluding carboxylic acids is 3. The Labute approximate surface area is 268 Å². The number of hydrogen-bond acceptors (Lipinski definition) is 9. The minimum Gasteiger partial charge on any atom is -0.465 e. The Hall–Kier alpha value is -1.97. The normalized spacial score (nSPS) is 48.4. The number of allylic oxidation sites excluding steroid dienone is 2. The summed E-state index contributed by atoms with van der Waals surface area (Å²) in [6, 6.07) is 0. The molecule has 5 aliphatic carbocycles. The van der Waals surface area contributed by atoms with Crippen molar-refractivity contribution in [2.45, 2.75) is 132 Å². The number of aliphatic hydroxyl groups is 3. The quantitative estimate of drug-likeness (QED) is 0.223. The number of ether oxygens (including phenoxy) is 3.